The van der Waals surface area contributed by atoms with Gasteiger partial charge in [-0.15, -0.1) is 0 Å². The molecule has 0 bridgehead atoms. The summed E-state index contributed by atoms with van der Waals surface area (Å²) in [6.07, 6.45) is 4.25. The molecular formula is C71H67BN2. The normalized spacial score (nSPS) is 16.7. The monoisotopic (exact) mass is 959 g/mol. The molecule has 0 amide bonds. The Morgan fingerprint density at radius 1 is 0.486 bits per heavy atom. The lowest BCUT2D eigenvalue weighted by Crippen LogP contribution is -2.63. The summed E-state index contributed by atoms with van der Waals surface area (Å²) in [4.78, 5) is 0. The van der Waals surface area contributed by atoms with Crippen LogP contribution in [0.2, 0.25) is 0 Å². The zero-order chi connectivity index (χ0) is 50.9. The SMILES string of the molecule is CCc1cc2c3c(c1)c1cc(CC)cc4c1n3-c1c(ccc3c1B2c1c2c(cc5c(-c6ccc(C(C)(C)C)cc6)c(-c6ccc(C(C)(C)C)cc6)n-3c15)C(C)(C)CCC2(C)C)C41c2ccccc2-c2ccccc21. The lowest BCUT2D eigenvalue weighted by molar-refractivity contribution is 0.334. The standard InChI is InChI=1S/C71H67BN2/c1-13-40-35-48-49-36-41(14-2)38-56-64(49)74-63(48)55(37-40)71(51-21-17-15-19-46(51)47-20-16-18-22-52(47)71)53-31-32-57-60(66(53)74)72(56)61-59-54(69(9,10)33-34-70(59,11)12)39-50-58(42-23-27-44(28-24-42)67(3,4)5)62(73(57)65(50)61)43-25-29-45(30-26-43)68(6,7)8/h15-32,35-39H,13-14,33-34H2,1-12H3. The Morgan fingerprint density at radius 2 is 1.05 bits per heavy atom. The first-order chi connectivity index (χ1) is 35.4. The average Bonchev–Trinajstić information content (AvgIpc) is 4.04. The van der Waals surface area contributed by atoms with Gasteiger partial charge in [-0.1, -0.05) is 198 Å². The van der Waals surface area contributed by atoms with Gasteiger partial charge in [0.15, 0.2) is 0 Å². The van der Waals surface area contributed by atoms with E-state index in [0.717, 1.165) is 25.7 Å². The molecule has 0 unspecified atom stereocenters. The third-order valence-electron chi connectivity index (χ3n) is 19.4. The number of nitrogens with zero attached hydrogens (tertiary/aromatic N) is 2. The summed E-state index contributed by atoms with van der Waals surface area (Å²) in [5, 5.41) is 4.19. The number of aryl methyl sites for hydroxylation is 2. The number of hydrogen-bond acceptors (Lipinski definition) is 0. The molecule has 0 fully saturated rings. The van der Waals surface area contributed by atoms with E-state index >= 15 is 0 Å². The molecule has 5 heterocycles. The summed E-state index contributed by atoms with van der Waals surface area (Å²) in [6, 6.07) is 56.5. The van der Waals surface area contributed by atoms with Gasteiger partial charge in [-0.25, -0.2) is 0 Å². The Hall–Kier alpha value is -6.84. The Bertz CT molecular complexity index is 4110. The van der Waals surface area contributed by atoms with Crippen molar-refractivity contribution in [3.63, 3.8) is 0 Å². The number of aromatic nitrogens is 2. The van der Waals surface area contributed by atoms with E-state index in [9.17, 15) is 0 Å². The third kappa shape index (κ3) is 5.39. The van der Waals surface area contributed by atoms with Crippen LogP contribution in [0.4, 0.5) is 0 Å². The third-order valence-corrected chi connectivity index (χ3v) is 19.4. The fourth-order valence-corrected chi connectivity index (χ4v) is 15.6. The van der Waals surface area contributed by atoms with Crippen molar-refractivity contribution in [1.82, 2.24) is 9.13 Å². The van der Waals surface area contributed by atoms with Crippen molar-refractivity contribution in [3.05, 3.63) is 195 Å². The van der Waals surface area contributed by atoms with Crippen molar-refractivity contribution in [3.8, 4) is 44.9 Å². The van der Waals surface area contributed by atoms with Gasteiger partial charge in [0.1, 0.15) is 0 Å². The first kappa shape index (κ1) is 44.6. The van der Waals surface area contributed by atoms with Crippen LogP contribution in [0.5, 0.6) is 0 Å². The molecule has 74 heavy (non-hydrogen) atoms. The number of hydrogen-bond donors (Lipinski definition) is 0. The van der Waals surface area contributed by atoms with Crippen molar-refractivity contribution in [2.75, 3.05) is 0 Å². The van der Waals surface area contributed by atoms with E-state index in [1.54, 1.807) is 5.56 Å². The van der Waals surface area contributed by atoms with E-state index in [0.29, 0.717) is 0 Å². The molecule has 0 atom stereocenters. The molecule has 15 rings (SSSR count). The lowest BCUT2D eigenvalue weighted by Gasteiger charge is -2.47. The molecule has 2 nitrogen and oxygen atoms in total. The molecule has 0 saturated heterocycles. The van der Waals surface area contributed by atoms with Crippen LogP contribution in [0.1, 0.15) is 152 Å². The Morgan fingerprint density at radius 3 is 1.66 bits per heavy atom. The van der Waals surface area contributed by atoms with Crippen LogP contribution < -0.4 is 16.4 Å². The number of rotatable bonds is 4. The minimum absolute atomic E-state index is 0.0159. The van der Waals surface area contributed by atoms with Crippen LogP contribution in [0, 0.1) is 0 Å². The molecule has 1 spiro atoms. The van der Waals surface area contributed by atoms with Crippen molar-refractivity contribution in [2.24, 2.45) is 0 Å². The van der Waals surface area contributed by atoms with Gasteiger partial charge in [0, 0.05) is 44.1 Å². The molecule has 2 aromatic heterocycles. The maximum Gasteiger partial charge on any atom is 0.252 e. The van der Waals surface area contributed by atoms with Gasteiger partial charge in [-0.3, -0.25) is 0 Å². The molecule has 10 aromatic rings. The summed E-state index contributed by atoms with van der Waals surface area (Å²) < 4.78 is 5.62. The van der Waals surface area contributed by atoms with Gasteiger partial charge in [0.05, 0.1) is 16.6 Å². The summed E-state index contributed by atoms with van der Waals surface area (Å²) >= 11 is 0. The molecule has 0 saturated carbocycles. The van der Waals surface area contributed by atoms with Crippen LogP contribution in [0.15, 0.2) is 140 Å². The number of fused-ring (bicyclic) bond motifs is 13. The molecule has 0 N–H and O–H groups in total. The molecule has 8 aromatic carbocycles. The van der Waals surface area contributed by atoms with E-state index < -0.39 is 5.41 Å². The Kier molecular flexibility index (Phi) is 8.63. The van der Waals surface area contributed by atoms with Crippen LogP contribution in [-0.2, 0) is 39.9 Å². The molecular weight excluding hydrogens is 892 g/mol. The molecule has 3 aliphatic heterocycles. The highest BCUT2D eigenvalue weighted by atomic mass is 15.1. The van der Waals surface area contributed by atoms with Crippen LogP contribution in [0.25, 0.3) is 77.6 Å². The average molecular weight is 959 g/mol. The first-order valence-corrected chi connectivity index (χ1v) is 27.9. The van der Waals surface area contributed by atoms with E-state index in [2.05, 4.69) is 232 Å². The van der Waals surface area contributed by atoms with Gasteiger partial charge in [0.25, 0.3) is 6.71 Å². The largest absolute Gasteiger partial charge is 0.310 e. The predicted octanol–water partition coefficient (Wildman–Crippen LogP) is 15.9. The molecule has 5 aliphatic rings. The molecule has 364 valence electrons. The fraction of sp³-hybridized carbons (Fsp3) is 0.296. The van der Waals surface area contributed by atoms with Gasteiger partial charge in [0.2, 0.25) is 0 Å². The second kappa shape index (κ2) is 14.3. The van der Waals surface area contributed by atoms with Gasteiger partial charge in [-0.2, -0.15) is 0 Å². The van der Waals surface area contributed by atoms with Gasteiger partial charge >= 0.3 is 0 Å². The van der Waals surface area contributed by atoms with E-state index in [-0.39, 0.29) is 28.4 Å². The topological polar surface area (TPSA) is 9.86 Å². The highest BCUT2D eigenvalue weighted by molar-refractivity contribution is 7.00. The van der Waals surface area contributed by atoms with E-state index in [1.807, 2.05) is 0 Å². The van der Waals surface area contributed by atoms with Crippen LogP contribution in [0.3, 0.4) is 0 Å². The molecule has 3 heteroatoms. The number of benzene rings is 8. The van der Waals surface area contributed by atoms with E-state index in [1.165, 1.54) is 144 Å². The first-order valence-electron chi connectivity index (χ1n) is 27.9. The van der Waals surface area contributed by atoms with Crippen LogP contribution in [-0.4, -0.2) is 15.8 Å². The summed E-state index contributed by atoms with van der Waals surface area (Å²) in [5.74, 6) is 0. The summed E-state index contributed by atoms with van der Waals surface area (Å²) in [7, 11) is 0. The van der Waals surface area contributed by atoms with Crippen molar-refractivity contribution in [1.29, 1.82) is 0 Å². The van der Waals surface area contributed by atoms with Crippen molar-refractivity contribution in [2.45, 2.75) is 136 Å². The van der Waals surface area contributed by atoms with Gasteiger partial charge < -0.3 is 9.13 Å². The maximum absolute atomic E-state index is 2.81. The quantitative estimate of drug-likeness (QED) is 0.156. The predicted molar refractivity (Wildman–Crippen MR) is 315 cm³/mol. The van der Waals surface area contributed by atoms with Crippen molar-refractivity contribution < 1.29 is 0 Å². The van der Waals surface area contributed by atoms with Gasteiger partial charge in [-0.05, 0) is 166 Å². The zero-order valence-electron chi connectivity index (χ0n) is 45.6. The Balaban J connectivity index is 1.20. The molecule has 2 aliphatic carbocycles. The zero-order valence-corrected chi connectivity index (χ0v) is 45.6. The smallest absolute Gasteiger partial charge is 0.252 e. The highest BCUT2D eigenvalue weighted by Gasteiger charge is 2.56. The summed E-state index contributed by atoms with van der Waals surface area (Å²) in [5.41, 5.74) is 33.0. The minimum Gasteiger partial charge on any atom is -0.310 e. The Labute approximate surface area is 438 Å². The van der Waals surface area contributed by atoms with Crippen molar-refractivity contribution >= 4 is 55.8 Å². The van der Waals surface area contributed by atoms with E-state index in [4.69, 9.17) is 0 Å². The highest BCUT2D eigenvalue weighted by Crippen LogP contribution is 2.62. The maximum atomic E-state index is 2.81. The lowest BCUT2D eigenvalue weighted by atomic mass is 9.32. The minimum atomic E-state index is -0.518. The molecule has 0 radical (unpaired) electrons. The fourth-order valence-electron chi connectivity index (χ4n) is 15.6. The van der Waals surface area contributed by atoms with Crippen LogP contribution >= 0.6 is 0 Å². The second-order valence-corrected chi connectivity index (χ2v) is 26.4. The second-order valence-electron chi connectivity index (χ2n) is 26.4. The summed E-state index contributed by atoms with van der Waals surface area (Å²) in [6.45, 7) is 29.0.